The minimum atomic E-state index is -0.165. The minimum absolute atomic E-state index is 0.0935. The normalized spacial score (nSPS) is 25.0. The van der Waals surface area contributed by atoms with E-state index in [1.54, 1.807) is 0 Å². The Bertz CT molecular complexity index is 219. The van der Waals surface area contributed by atoms with Gasteiger partial charge in [-0.2, -0.15) is 0 Å². The van der Waals surface area contributed by atoms with E-state index in [0.29, 0.717) is 0 Å². The van der Waals surface area contributed by atoms with Crippen LogP contribution in [0.2, 0.25) is 0 Å². The molecule has 0 spiro atoms. The van der Waals surface area contributed by atoms with Gasteiger partial charge in [-0.05, 0) is 33.8 Å². The Balaban J connectivity index is 2.97. The first-order chi connectivity index (χ1) is 5.41. The van der Waals surface area contributed by atoms with Crippen molar-refractivity contribution in [2.45, 2.75) is 38.8 Å². The van der Waals surface area contributed by atoms with E-state index in [0.717, 1.165) is 0 Å². The molecule has 0 amide bonds. The van der Waals surface area contributed by atoms with Crippen LogP contribution < -0.4 is 0 Å². The summed E-state index contributed by atoms with van der Waals surface area (Å²) >= 11 is 0. The highest BCUT2D eigenvalue weighted by Crippen LogP contribution is 2.15. The van der Waals surface area contributed by atoms with E-state index in [-0.39, 0.29) is 11.1 Å². The fourth-order valence-electron chi connectivity index (χ4n) is 0.914. The molecule has 2 heteroatoms. The van der Waals surface area contributed by atoms with Crippen LogP contribution in [0.5, 0.6) is 0 Å². The van der Waals surface area contributed by atoms with E-state index in [1.807, 2.05) is 38.4 Å². The Hall–Kier alpha value is -0.920. The molecule has 0 aromatic carbocycles. The Morgan fingerprint density at radius 2 is 1.58 bits per heavy atom. The van der Waals surface area contributed by atoms with Crippen LogP contribution in [-0.2, 0) is 0 Å². The van der Waals surface area contributed by atoms with Crippen molar-refractivity contribution >= 4 is 12.4 Å². The summed E-state index contributed by atoms with van der Waals surface area (Å²) in [6, 6.07) is 0. The van der Waals surface area contributed by atoms with Gasteiger partial charge in [-0.1, -0.05) is 6.08 Å². The van der Waals surface area contributed by atoms with Gasteiger partial charge in [0.2, 0.25) is 0 Å². The third kappa shape index (κ3) is 2.61. The van der Waals surface area contributed by atoms with E-state index < -0.39 is 0 Å². The van der Waals surface area contributed by atoms with Crippen LogP contribution in [0, 0.1) is 0 Å². The van der Waals surface area contributed by atoms with E-state index in [4.69, 9.17) is 0 Å². The lowest BCUT2D eigenvalue weighted by Crippen LogP contribution is -2.24. The molecule has 12 heavy (non-hydrogen) atoms. The topological polar surface area (TPSA) is 24.7 Å². The first kappa shape index (κ1) is 9.17. The first-order valence-corrected chi connectivity index (χ1v) is 4.21. The lowest BCUT2D eigenvalue weighted by Gasteiger charge is -2.20. The van der Waals surface area contributed by atoms with E-state index in [2.05, 4.69) is 23.8 Å². The van der Waals surface area contributed by atoms with Gasteiger partial charge in [0, 0.05) is 12.4 Å². The second kappa shape index (κ2) is 2.85. The monoisotopic (exact) mass is 164 g/mol. The predicted octanol–water partition coefficient (Wildman–Crippen LogP) is 2.25. The quantitative estimate of drug-likeness (QED) is 0.524. The molecular weight excluding hydrogens is 148 g/mol. The summed E-state index contributed by atoms with van der Waals surface area (Å²) in [5, 5.41) is 0. The highest BCUT2D eigenvalue weighted by atomic mass is 14.9. The number of nitrogens with zero attached hydrogens (tertiary/aromatic N) is 2. The molecule has 1 aliphatic heterocycles. The van der Waals surface area contributed by atoms with Crippen LogP contribution in [0.4, 0.5) is 0 Å². The number of hydrogen-bond acceptors (Lipinski definition) is 2. The molecule has 0 fully saturated rings. The second-order valence-corrected chi connectivity index (χ2v) is 4.20. The number of rotatable bonds is 0. The van der Waals surface area contributed by atoms with Crippen molar-refractivity contribution in [3.63, 3.8) is 0 Å². The number of hydrogen-bond donors (Lipinski definition) is 0. The molecule has 0 unspecified atom stereocenters. The van der Waals surface area contributed by atoms with Gasteiger partial charge in [0.15, 0.2) is 0 Å². The third-order valence-electron chi connectivity index (χ3n) is 1.71. The molecule has 2 nitrogen and oxygen atoms in total. The van der Waals surface area contributed by atoms with Crippen molar-refractivity contribution in [2.24, 2.45) is 9.98 Å². The Kier molecular flexibility index (Phi) is 2.18. The Labute approximate surface area is 74.1 Å². The van der Waals surface area contributed by atoms with Crippen molar-refractivity contribution in [1.29, 1.82) is 0 Å². The van der Waals surface area contributed by atoms with Crippen molar-refractivity contribution in [2.75, 3.05) is 0 Å². The van der Waals surface area contributed by atoms with E-state index in [1.165, 1.54) is 0 Å². The van der Waals surface area contributed by atoms with Gasteiger partial charge in [0.25, 0.3) is 0 Å². The molecule has 0 atom stereocenters. The maximum Gasteiger partial charge on any atom is 0.0897 e. The molecular formula is C10H16N2. The zero-order valence-electron chi connectivity index (χ0n) is 8.20. The fourth-order valence-corrected chi connectivity index (χ4v) is 0.914. The molecule has 0 aromatic rings. The maximum atomic E-state index is 4.44. The lowest BCUT2D eigenvalue weighted by molar-refractivity contribution is 0.635. The van der Waals surface area contributed by atoms with Crippen molar-refractivity contribution < 1.29 is 0 Å². The zero-order chi connectivity index (χ0) is 9.24. The Morgan fingerprint density at radius 3 is 2.25 bits per heavy atom. The summed E-state index contributed by atoms with van der Waals surface area (Å²) in [4.78, 5) is 8.76. The molecule has 0 aliphatic carbocycles. The van der Waals surface area contributed by atoms with Gasteiger partial charge < -0.3 is 0 Å². The lowest BCUT2D eigenvalue weighted by atomic mass is 10.0. The van der Waals surface area contributed by atoms with Gasteiger partial charge in [-0.25, -0.2) is 0 Å². The molecule has 1 aliphatic rings. The SMILES string of the molecule is CC1(C)C=CC=NC(C)(C)C=N1. The summed E-state index contributed by atoms with van der Waals surface area (Å²) in [5.41, 5.74) is -0.258. The summed E-state index contributed by atoms with van der Waals surface area (Å²) in [6.07, 6.45) is 7.75. The third-order valence-corrected chi connectivity index (χ3v) is 1.71. The smallest absolute Gasteiger partial charge is 0.0897 e. The molecule has 0 aromatic heterocycles. The summed E-state index contributed by atoms with van der Waals surface area (Å²) < 4.78 is 0. The van der Waals surface area contributed by atoms with E-state index in [9.17, 15) is 0 Å². The van der Waals surface area contributed by atoms with Gasteiger partial charge in [-0.15, -0.1) is 0 Å². The van der Waals surface area contributed by atoms with Crippen LogP contribution in [-0.4, -0.2) is 23.5 Å². The molecule has 0 saturated heterocycles. The van der Waals surface area contributed by atoms with Crippen LogP contribution in [0.1, 0.15) is 27.7 Å². The first-order valence-electron chi connectivity index (χ1n) is 4.21. The number of aliphatic imine (C=N–C) groups is 2. The standard InChI is InChI=1S/C10H16N2/c1-9(2)6-5-7-11-10(3,4)8-12-9/h5-8H,1-4H3. The molecule has 1 rings (SSSR count). The molecule has 1 heterocycles. The minimum Gasteiger partial charge on any atom is -0.285 e. The fraction of sp³-hybridized carbons (Fsp3) is 0.600. The molecule has 0 saturated carbocycles. The highest BCUT2D eigenvalue weighted by molar-refractivity contribution is 5.79. The maximum absolute atomic E-state index is 4.44. The summed E-state index contributed by atoms with van der Waals surface area (Å²) in [5.74, 6) is 0. The summed E-state index contributed by atoms with van der Waals surface area (Å²) in [6.45, 7) is 8.24. The van der Waals surface area contributed by atoms with Crippen LogP contribution in [0.15, 0.2) is 22.1 Å². The highest BCUT2D eigenvalue weighted by Gasteiger charge is 2.17. The van der Waals surface area contributed by atoms with Crippen LogP contribution in [0.3, 0.4) is 0 Å². The van der Waals surface area contributed by atoms with Gasteiger partial charge >= 0.3 is 0 Å². The zero-order valence-corrected chi connectivity index (χ0v) is 8.20. The molecule has 0 N–H and O–H groups in total. The van der Waals surface area contributed by atoms with Gasteiger partial charge in [-0.3, -0.25) is 9.98 Å². The van der Waals surface area contributed by atoms with Gasteiger partial charge in [0.05, 0.1) is 11.1 Å². The van der Waals surface area contributed by atoms with Crippen LogP contribution >= 0.6 is 0 Å². The van der Waals surface area contributed by atoms with Crippen LogP contribution in [0.25, 0.3) is 0 Å². The largest absolute Gasteiger partial charge is 0.285 e. The van der Waals surface area contributed by atoms with Gasteiger partial charge in [0.1, 0.15) is 0 Å². The number of allylic oxidation sites excluding steroid dienone is 1. The predicted molar refractivity (Wildman–Crippen MR) is 54.3 cm³/mol. The summed E-state index contributed by atoms with van der Waals surface area (Å²) in [7, 11) is 0. The van der Waals surface area contributed by atoms with Crippen molar-refractivity contribution in [3.8, 4) is 0 Å². The second-order valence-electron chi connectivity index (χ2n) is 4.20. The average molecular weight is 164 g/mol. The molecule has 0 radical (unpaired) electrons. The van der Waals surface area contributed by atoms with E-state index >= 15 is 0 Å². The van der Waals surface area contributed by atoms with Crippen molar-refractivity contribution in [3.05, 3.63) is 12.2 Å². The average Bonchev–Trinajstić information content (AvgIpc) is 1.94. The van der Waals surface area contributed by atoms with Crippen molar-refractivity contribution in [1.82, 2.24) is 0 Å². The Morgan fingerprint density at radius 1 is 0.917 bits per heavy atom. The molecule has 0 bridgehead atoms. The molecule has 66 valence electrons.